The van der Waals surface area contributed by atoms with E-state index < -0.39 is 0 Å². The molecule has 0 saturated carbocycles. The molecule has 6 nitrogen and oxygen atoms in total. The number of nitriles is 1. The van der Waals surface area contributed by atoms with Gasteiger partial charge in [0.25, 0.3) is 5.91 Å². The lowest BCUT2D eigenvalue weighted by Gasteiger charge is -2.19. The first kappa shape index (κ1) is 18.3. The number of hydrogen-bond acceptors (Lipinski definition) is 5. The van der Waals surface area contributed by atoms with E-state index >= 15 is 0 Å². The lowest BCUT2D eigenvalue weighted by atomic mass is 10.3. The molecule has 0 N–H and O–H groups in total. The van der Waals surface area contributed by atoms with Crippen LogP contribution in [0.1, 0.15) is 28.5 Å². The second kappa shape index (κ2) is 8.72. The zero-order valence-corrected chi connectivity index (χ0v) is 14.4. The first-order chi connectivity index (χ1) is 13.2. The Morgan fingerprint density at radius 1 is 1.15 bits per heavy atom. The predicted molar refractivity (Wildman–Crippen MR) is 93.1 cm³/mol. The molecule has 7 heteroatoms. The standard InChI is InChI=1S/C20H17FN2O4/c21-15-4-6-16(7-5-15)26-14-18-8-9-19(27-18)20(24)23(11-2-10-22)13-17-3-1-12-25-17/h1,3-9,12H,2,11,13-14H2. The molecule has 0 saturated heterocycles. The van der Waals surface area contributed by atoms with Gasteiger partial charge in [0.1, 0.15) is 29.7 Å². The molecule has 0 unspecified atom stereocenters. The summed E-state index contributed by atoms with van der Waals surface area (Å²) in [6, 6.07) is 14.4. The van der Waals surface area contributed by atoms with Crippen LogP contribution in [0.5, 0.6) is 5.75 Å². The number of carbonyl (C=O) groups excluding carboxylic acids is 1. The average molecular weight is 368 g/mol. The van der Waals surface area contributed by atoms with Gasteiger partial charge in [-0.3, -0.25) is 4.79 Å². The Labute approximate surface area is 155 Å². The number of nitrogens with zero attached hydrogens (tertiary/aromatic N) is 2. The molecule has 0 spiro atoms. The Hall–Kier alpha value is -3.53. The highest BCUT2D eigenvalue weighted by atomic mass is 19.1. The summed E-state index contributed by atoms with van der Waals surface area (Å²) in [6.45, 7) is 0.614. The molecule has 3 aromatic rings. The maximum absolute atomic E-state index is 12.9. The average Bonchev–Trinajstić information content (AvgIpc) is 3.36. The molecule has 1 amide bonds. The summed E-state index contributed by atoms with van der Waals surface area (Å²) >= 11 is 0. The van der Waals surface area contributed by atoms with Crippen molar-refractivity contribution in [3.05, 3.63) is 77.9 Å². The highest BCUT2D eigenvalue weighted by Crippen LogP contribution is 2.17. The van der Waals surface area contributed by atoms with Crippen molar-refractivity contribution in [1.82, 2.24) is 4.90 Å². The molecule has 0 aliphatic heterocycles. The highest BCUT2D eigenvalue weighted by Gasteiger charge is 2.20. The van der Waals surface area contributed by atoms with E-state index in [1.807, 2.05) is 6.07 Å². The van der Waals surface area contributed by atoms with Gasteiger partial charge >= 0.3 is 0 Å². The van der Waals surface area contributed by atoms with Gasteiger partial charge in [-0.05, 0) is 48.5 Å². The number of rotatable bonds is 8. The largest absolute Gasteiger partial charge is 0.486 e. The van der Waals surface area contributed by atoms with Crippen LogP contribution in [0.3, 0.4) is 0 Å². The fourth-order valence-corrected chi connectivity index (χ4v) is 2.44. The molecule has 27 heavy (non-hydrogen) atoms. The smallest absolute Gasteiger partial charge is 0.290 e. The summed E-state index contributed by atoms with van der Waals surface area (Å²) in [5.74, 6) is 1.04. The summed E-state index contributed by atoms with van der Waals surface area (Å²) in [5, 5.41) is 8.82. The van der Waals surface area contributed by atoms with E-state index in [9.17, 15) is 9.18 Å². The van der Waals surface area contributed by atoms with Crippen LogP contribution in [0.4, 0.5) is 4.39 Å². The van der Waals surface area contributed by atoms with Crippen LogP contribution in [0.15, 0.2) is 63.6 Å². The Kier molecular flexibility index (Phi) is 5.90. The van der Waals surface area contributed by atoms with E-state index in [1.54, 1.807) is 24.3 Å². The first-order valence-electron chi connectivity index (χ1n) is 8.31. The summed E-state index contributed by atoms with van der Waals surface area (Å²) in [5.41, 5.74) is 0. The Morgan fingerprint density at radius 3 is 2.67 bits per heavy atom. The van der Waals surface area contributed by atoms with Gasteiger partial charge in [0, 0.05) is 6.54 Å². The van der Waals surface area contributed by atoms with Gasteiger partial charge in [-0.15, -0.1) is 0 Å². The molecule has 0 radical (unpaired) electrons. The van der Waals surface area contributed by atoms with Crippen LogP contribution in [0.2, 0.25) is 0 Å². The maximum Gasteiger partial charge on any atom is 0.290 e. The van der Waals surface area contributed by atoms with Crippen molar-refractivity contribution >= 4 is 5.91 Å². The van der Waals surface area contributed by atoms with Gasteiger partial charge in [0.15, 0.2) is 5.76 Å². The second-order valence-corrected chi connectivity index (χ2v) is 5.72. The molecule has 0 atom stereocenters. The monoisotopic (exact) mass is 368 g/mol. The Morgan fingerprint density at radius 2 is 1.96 bits per heavy atom. The van der Waals surface area contributed by atoms with Crippen molar-refractivity contribution in [3.8, 4) is 11.8 Å². The number of furan rings is 2. The van der Waals surface area contributed by atoms with Gasteiger partial charge in [0.05, 0.1) is 25.3 Å². The number of carbonyl (C=O) groups is 1. The zero-order valence-electron chi connectivity index (χ0n) is 14.4. The van der Waals surface area contributed by atoms with E-state index in [0.717, 1.165) is 0 Å². The fourth-order valence-electron chi connectivity index (χ4n) is 2.44. The third-order valence-electron chi connectivity index (χ3n) is 3.77. The van der Waals surface area contributed by atoms with Crippen molar-refractivity contribution in [2.24, 2.45) is 0 Å². The summed E-state index contributed by atoms with van der Waals surface area (Å²) in [4.78, 5) is 14.2. The minimum atomic E-state index is -0.345. The highest BCUT2D eigenvalue weighted by molar-refractivity contribution is 5.91. The fraction of sp³-hybridized carbons (Fsp3) is 0.200. The van der Waals surface area contributed by atoms with E-state index in [4.69, 9.17) is 18.8 Å². The normalized spacial score (nSPS) is 10.4. The van der Waals surface area contributed by atoms with Crippen LogP contribution in [-0.2, 0) is 13.2 Å². The predicted octanol–water partition coefficient (Wildman–Crippen LogP) is 4.15. The summed E-state index contributed by atoms with van der Waals surface area (Å²) < 4.78 is 29.3. The SMILES string of the molecule is N#CCCN(Cc1ccco1)C(=O)c1ccc(COc2ccc(F)cc2)o1. The molecule has 0 aliphatic rings. The van der Waals surface area contributed by atoms with Crippen molar-refractivity contribution in [2.45, 2.75) is 19.6 Å². The number of amides is 1. The molecule has 2 aromatic heterocycles. The molecule has 1 aromatic carbocycles. The van der Waals surface area contributed by atoms with E-state index in [2.05, 4.69) is 0 Å². The van der Waals surface area contributed by atoms with Crippen LogP contribution < -0.4 is 4.74 Å². The molecule has 138 valence electrons. The van der Waals surface area contributed by atoms with Gasteiger partial charge in [-0.1, -0.05) is 0 Å². The minimum Gasteiger partial charge on any atom is -0.486 e. The van der Waals surface area contributed by atoms with E-state index in [-0.39, 0.29) is 43.6 Å². The molecule has 0 fully saturated rings. The van der Waals surface area contributed by atoms with Gasteiger partial charge < -0.3 is 18.5 Å². The van der Waals surface area contributed by atoms with Crippen molar-refractivity contribution in [2.75, 3.05) is 6.54 Å². The van der Waals surface area contributed by atoms with Gasteiger partial charge in [0.2, 0.25) is 0 Å². The van der Waals surface area contributed by atoms with Crippen LogP contribution in [0, 0.1) is 17.1 Å². The zero-order chi connectivity index (χ0) is 19.1. The molecule has 0 bridgehead atoms. The van der Waals surface area contributed by atoms with E-state index in [1.165, 1.54) is 35.4 Å². The molecular formula is C20H17FN2O4. The Balaban J connectivity index is 1.64. The summed E-state index contributed by atoms with van der Waals surface area (Å²) in [6.07, 6.45) is 1.73. The number of halogens is 1. The van der Waals surface area contributed by atoms with Crippen molar-refractivity contribution in [3.63, 3.8) is 0 Å². The maximum atomic E-state index is 12.9. The molecular weight excluding hydrogens is 351 g/mol. The van der Waals surface area contributed by atoms with Crippen molar-refractivity contribution in [1.29, 1.82) is 5.26 Å². The van der Waals surface area contributed by atoms with Gasteiger partial charge in [-0.2, -0.15) is 5.26 Å². The number of hydrogen-bond donors (Lipinski definition) is 0. The number of ether oxygens (including phenoxy) is 1. The van der Waals surface area contributed by atoms with Gasteiger partial charge in [-0.25, -0.2) is 4.39 Å². The third kappa shape index (κ3) is 4.98. The van der Waals surface area contributed by atoms with Crippen molar-refractivity contribution < 1.29 is 22.8 Å². The third-order valence-corrected chi connectivity index (χ3v) is 3.77. The Bertz CT molecular complexity index is 910. The lowest BCUT2D eigenvalue weighted by molar-refractivity contribution is 0.0699. The van der Waals surface area contributed by atoms with Crippen LogP contribution >= 0.6 is 0 Å². The first-order valence-corrected chi connectivity index (χ1v) is 8.31. The molecule has 3 rings (SSSR count). The second-order valence-electron chi connectivity index (χ2n) is 5.72. The number of benzene rings is 1. The molecule has 0 aliphatic carbocycles. The van der Waals surface area contributed by atoms with Crippen LogP contribution in [-0.4, -0.2) is 17.4 Å². The quantitative estimate of drug-likeness (QED) is 0.597. The van der Waals surface area contributed by atoms with Crippen LogP contribution in [0.25, 0.3) is 0 Å². The van der Waals surface area contributed by atoms with E-state index in [0.29, 0.717) is 17.3 Å². The topological polar surface area (TPSA) is 79.6 Å². The summed E-state index contributed by atoms with van der Waals surface area (Å²) in [7, 11) is 0. The lowest BCUT2D eigenvalue weighted by Crippen LogP contribution is -2.31. The molecule has 2 heterocycles. The minimum absolute atomic E-state index is 0.106.